The molecule has 0 aromatic heterocycles. The van der Waals surface area contributed by atoms with Gasteiger partial charge in [-0.1, -0.05) is 25.1 Å². The van der Waals surface area contributed by atoms with E-state index in [4.69, 9.17) is 5.26 Å². The molecule has 0 radical (unpaired) electrons. The van der Waals surface area contributed by atoms with E-state index in [0.717, 1.165) is 0 Å². The van der Waals surface area contributed by atoms with Gasteiger partial charge in [-0.15, -0.1) is 0 Å². The highest BCUT2D eigenvalue weighted by Gasteiger charge is 2.45. The summed E-state index contributed by atoms with van der Waals surface area (Å²) in [6, 6.07) is 8.09. The van der Waals surface area contributed by atoms with Crippen LogP contribution in [0, 0.1) is 22.6 Å². The maximum absolute atomic E-state index is 13.7. The largest absolute Gasteiger partial charge is 0.383 e. The summed E-state index contributed by atoms with van der Waals surface area (Å²) in [6.07, 6.45) is 0.286. The fourth-order valence-corrected chi connectivity index (χ4v) is 1.86. The third-order valence-electron chi connectivity index (χ3n) is 3.14. The van der Waals surface area contributed by atoms with E-state index in [1.54, 1.807) is 32.9 Å². The van der Waals surface area contributed by atoms with Gasteiger partial charge >= 0.3 is 0 Å². The molecule has 1 aromatic rings. The van der Waals surface area contributed by atoms with Crippen molar-refractivity contribution in [1.29, 1.82) is 5.26 Å². The van der Waals surface area contributed by atoms with Crippen LogP contribution in [0.2, 0.25) is 0 Å². The molecule has 0 amide bonds. The van der Waals surface area contributed by atoms with Crippen LogP contribution in [0.3, 0.4) is 0 Å². The van der Waals surface area contributed by atoms with Crippen molar-refractivity contribution in [3.05, 3.63) is 35.6 Å². The highest BCUT2D eigenvalue weighted by Crippen LogP contribution is 2.42. The molecule has 0 spiro atoms. The zero-order valence-electron chi connectivity index (χ0n) is 9.79. The lowest BCUT2D eigenvalue weighted by molar-refractivity contribution is -0.0509. The van der Waals surface area contributed by atoms with E-state index in [1.807, 2.05) is 6.07 Å². The Morgan fingerprint density at radius 2 is 1.94 bits per heavy atom. The predicted octanol–water partition coefficient (Wildman–Crippen LogP) is 2.97. The van der Waals surface area contributed by atoms with Gasteiger partial charge in [-0.3, -0.25) is 0 Å². The Kier molecular flexibility index (Phi) is 3.35. The first-order valence-corrected chi connectivity index (χ1v) is 5.27. The van der Waals surface area contributed by atoms with Crippen molar-refractivity contribution >= 4 is 0 Å². The Hall–Kier alpha value is -1.40. The van der Waals surface area contributed by atoms with Crippen molar-refractivity contribution < 1.29 is 9.50 Å². The Morgan fingerprint density at radius 3 is 2.38 bits per heavy atom. The lowest BCUT2D eigenvalue weighted by Gasteiger charge is -2.37. The molecule has 0 aliphatic carbocycles. The lowest BCUT2D eigenvalue weighted by Crippen LogP contribution is -2.41. The van der Waals surface area contributed by atoms with E-state index < -0.39 is 16.8 Å². The summed E-state index contributed by atoms with van der Waals surface area (Å²) in [6.45, 7) is 4.97. The minimum Gasteiger partial charge on any atom is -0.383 e. The number of hydrogen-bond acceptors (Lipinski definition) is 2. The van der Waals surface area contributed by atoms with E-state index in [-0.39, 0.29) is 12.0 Å². The number of nitrogens with zero attached hydrogens (tertiary/aromatic N) is 1. The van der Waals surface area contributed by atoms with Crippen LogP contribution in [0.5, 0.6) is 0 Å². The number of benzene rings is 1. The quantitative estimate of drug-likeness (QED) is 0.852. The Labute approximate surface area is 95.3 Å². The zero-order valence-corrected chi connectivity index (χ0v) is 9.79. The number of aliphatic hydroxyl groups is 1. The second-order valence-corrected chi connectivity index (χ2v) is 4.43. The average Bonchev–Trinajstić information content (AvgIpc) is 2.28. The van der Waals surface area contributed by atoms with E-state index in [9.17, 15) is 9.50 Å². The highest BCUT2D eigenvalue weighted by atomic mass is 19.1. The van der Waals surface area contributed by atoms with Crippen molar-refractivity contribution in [3.8, 4) is 6.07 Å². The van der Waals surface area contributed by atoms with E-state index in [1.165, 1.54) is 12.1 Å². The van der Waals surface area contributed by atoms with Crippen LogP contribution in [-0.2, 0) is 5.60 Å². The van der Waals surface area contributed by atoms with Crippen molar-refractivity contribution in [2.75, 3.05) is 0 Å². The van der Waals surface area contributed by atoms with Crippen molar-refractivity contribution in [2.45, 2.75) is 32.8 Å². The molecule has 1 rings (SSSR count). The van der Waals surface area contributed by atoms with Crippen LogP contribution in [-0.4, -0.2) is 5.11 Å². The first-order valence-electron chi connectivity index (χ1n) is 5.27. The third kappa shape index (κ3) is 1.81. The molecule has 0 aliphatic rings. The van der Waals surface area contributed by atoms with Gasteiger partial charge in [-0.25, -0.2) is 4.39 Å². The fourth-order valence-electron chi connectivity index (χ4n) is 1.86. The van der Waals surface area contributed by atoms with Crippen LogP contribution in [0.1, 0.15) is 32.8 Å². The van der Waals surface area contributed by atoms with E-state index in [0.29, 0.717) is 0 Å². The summed E-state index contributed by atoms with van der Waals surface area (Å²) in [5.74, 6) is -0.477. The average molecular weight is 221 g/mol. The molecule has 1 unspecified atom stereocenters. The zero-order chi connectivity index (χ0) is 12.4. The van der Waals surface area contributed by atoms with Crippen molar-refractivity contribution in [2.24, 2.45) is 5.41 Å². The minimum absolute atomic E-state index is 0.184. The van der Waals surface area contributed by atoms with Gasteiger partial charge in [0.25, 0.3) is 0 Å². The van der Waals surface area contributed by atoms with Gasteiger partial charge in [0.1, 0.15) is 11.4 Å². The summed E-state index contributed by atoms with van der Waals surface area (Å²) in [4.78, 5) is 0. The second-order valence-electron chi connectivity index (χ2n) is 4.43. The summed E-state index contributed by atoms with van der Waals surface area (Å²) in [5, 5.41) is 19.6. The minimum atomic E-state index is -1.47. The molecular formula is C13H16FNO. The van der Waals surface area contributed by atoms with Crippen molar-refractivity contribution in [1.82, 2.24) is 0 Å². The van der Waals surface area contributed by atoms with Crippen LogP contribution >= 0.6 is 0 Å². The molecule has 3 heteroatoms. The number of nitriles is 1. The lowest BCUT2D eigenvalue weighted by atomic mass is 9.70. The number of halogens is 1. The van der Waals surface area contributed by atoms with Gasteiger partial charge in [-0.05, 0) is 26.3 Å². The van der Waals surface area contributed by atoms with Gasteiger partial charge in [0, 0.05) is 5.56 Å². The second kappa shape index (κ2) is 4.23. The molecule has 2 nitrogen and oxygen atoms in total. The molecule has 0 heterocycles. The topological polar surface area (TPSA) is 44.0 Å². The number of rotatable bonds is 3. The molecule has 16 heavy (non-hydrogen) atoms. The Morgan fingerprint density at radius 1 is 1.38 bits per heavy atom. The van der Waals surface area contributed by atoms with Crippen molar-refractivity contribution in [3.63, 3.8) is 0 Å². The van der Waals surface area contributed by atoms with Crippen LogP contribution in [0.15, 0.2) is 24.3 Å². The summed E-state index contributed by atoms with van der Waals surface area (Å²) >= 11 is 0. The van der Waals surface area contributed by atoms with Gasteiger partial charge in [0.2, 0.25) is 0 Å². The monoisotopic (exact) mass is 221 g/mol. The van der Waals surface area contributed by atoms with E-state index >= 15 is 0 Å². The summed E-state index contributed by atoms with van der Waals surface area (Å²) in [7, 11) is 0. The first-order chi connectivity index (χ1) is 7.39. The van der Waals surface area contributed by atoms with Crippen LogP contribution in [0.4, 0.5) is 4.39 Å². The van der Waals surface area contributed by atoms with Crippen LogP contribution in [0.25, 0.3) is 0 Å². The smallest absolute Gasteiger partial charge is 0.129 e. The van der Waals surface area contributed by atoms with Gasteiger partial charge in [0.15, 0.2) is 0 Å². The number of hydrogen-bond donors (Lipinski definition) is 1. The highest BCUT2D eigenvalue weighted by molar-refractivity contribution is 5.29. The van der Waals surface area contributed by atoms with E-state index in [2.05, 4.69) is 0 Å². The normalized spacial score (nSPS) is 15.2. The van der Waals surface area contributed by atoms with Gasteiger partial charge in [0.05, 0.1) is 11.5 Å². The predicted molar refractivity (Wildman–Crippen MR) is 60.0 cm³/mol. The standard InChI is InChI=1S/C13H16FNO/c1-4-13(16,12(2,3)9-15)10-7-5-6-8-11(10)14/h5-8,16H,4H2,1-3H3. The summed E-state index contributed by atoms with van der Waals surface area (Å²) < 4.78 is 13.7. The molecule has 1 atom stereocenters. The molecule has 0 bridgehead atoms. The summed E-state index contributed by atoms with van der Waals surface area (Å²) in [5.41, 5.74) is -2.32. The first kappa shape index (κ1) is 12.7. The SMILES string of the molecule is CCC(O)(c1ccccc1F)C(C)(C)C#N. The molecule has 1 aromatic carbocycles. The molecule has 0 aliphatic heterocycles. The molecule has 0 fully saturated rings. The molecule has 0 saturated heterocycles. The molecule has 1 N–H and O–H groups in total. The molecule has 86 valence electrons. The molecular weight excluding hydrogens is 205 g/mol. The Bertz CT molecular complexity index is 422. The maximum Gasteiger partial charge on any atom is 0.129 e. The maximum atomic E-state index is 13.7. The Balaban J connectivity index is 3.38. The van der Waals surface area contributed by atoms with Gasteiger partial charge in [-0.2, -0.15) is 5.26 Å². The molecule has 0 saturated carbocycles. The van der Waals surface area contributed by atoms with Crippen LogP contribution < -0.4 is 0 Å². The van der Waals surface area contributed by atoms with Gasteiger partial charge < -0.3 is 5.11 Å². The fraction of sp³-hybridized carbons (Fsp3) is 0.462. The third-order valence-corrected chi connectivity index (χ3v) is 3.14.